The Morgan fingerprint density at radius 3 is 2.92 bits per heavy atom. The van der Waals surface area contributed by atoms with Crippen molar-refractivity contribution in [3.8, 4) is 0 Å². The lowest BCUT2D eigenvalue weighted by molar-refractivity contribution is -0.0898. The highest BCUT2D eigenvalue weighted by molar-refractivity contribution is 5.86. The summed E-state index contributed by atoms with van der Waals surface area (Å²) in [5.74, 6) is 0. The Bertz CT molecular complexity index is 701. The van der Waals surface area contributed by atoms with Crippen molar-refractivity contribution in [2.75, 3.05) is 26.7 Å². The minimum atomic E-state index is -0.0530. The van der Waals surface area contributed by atoms with Crippen molar-refractivity contribution >= 4 is 10.9 Å². The summed E-state index contributed by atoms with van der Waals surface area (Å²) in [5, 5.41) is 1.46. The van der Waals surface area contributed by atoms with Gasteiger partial charge in [-0.15, -0.1) is 0 Å². The fourth-order valence-electron chi connectivity index (χ4n) is 5.12. The first-order valence-corrected chi connectivity index (χ1v) is 10.7. The lowest BCUT2D eigenvalue weighted by Crippen LogP contribution is -2.42. The first-order chi connectivity index (χ1) is 12.7. The average molecular weight is 355 g/mol. The van der Waals surface area contributed by atoms with E-state index in [0.29, 0.717) is 0 Å². The van der Waals surface area contributed by atoms with Crippen molar-refractivity contribution in [2.45, 2.75) is 70.4 Å². The molecular weight excluding hydrogens is 320 g/mol. The van der Waals surface area contributed by atoms with Crippen molar-refractivity contribution in [2.24, 2.45) is 0 Å². The molecule has 0 saturated heterocycles. The zero-order valence-corrected chi connectivity index (χ0v) is 16.6. The number of aryl methyl sites for hydroxylation is 1. The van der Waals surface area contributed by atoms with E-state index in [1.807, 2.05) is 0 Å². The maximum absolute atomic E-state index is 6.55. The van der Waals surface area contributed by atoms with E-state index >= 15 is 0 Å². The first kappa shape index (κ1) is 18.1. The van der Waals surface area contributed by atoms with Crippen molar-refractivity contribution < 1.29 is 4.74 Å². The molecule has 0 amide bonds. The van der Waals surface area contributed by atoms with Crippen LogP contribution in [0.4, 0.5) is 0 Å². The molecule has 1 unspecified atom stereocenters. The van der Waals surface area contributed by atoms with Crippen molar-refractivity contribution in [1.29, 1.82) is 0 Å². The number of hydrogen-bond acceptors (Lipinski definition) is 2. The van der Waals surface area contributed by atoms with Crippen LogP contribution in [0.5, 0.6) is 0 Å². The van der Waals surface area contributed by atoms with Crippen LogP contribution in [0.3, 0.4) is 0 Å². The Balaban J connectivity index is 1.54. The van der Waals surface area contributed by atoms with Gasteiger partial charge in [0.1, 0.15) is 5.60 Å². The second-order valence-corrected chi connectivity index (χ2v) is 8.31. The number of nitrogens with zero attached hydrogens (tertiary/aromatic N) is 2. The summed E-state index contributed by atoms with van der Waals surface area (Å²) in [7, 11) is 2.28. The van der Waals surface area contributed by atoms with E-state index in [1.165, 1.54) is 61.7 Å². The van der Waals surface area contributed by atoms with Gasteiger partial charge in [-0.05, 0) is 57.3 Å². The Kier molecular flexibility index (Phi) is 5.37. The summed E-state index contributed by atoms with van der Waals surface area (Å²) in [4.78, 5) is 2.52. The predicted octanol–water partition coefficient (Wildman–Crippen LogP) is 5.11. The molecule has 1 aromatic carbocycles. The molecule has 142 valence electrons. The van der Waals surface area contributed by atoms with Gasteiger partial charge in [-0.3, -0.25) is 0 Å². The Morgan fingerprint density at radius 1 is 1.15 bits per heavy atom. The smallest absolute Gasteiger partial charge is 0.110 e. The van der Waals surface area contributed by atoms with Crippen LogP contribution >= 0.6 is 0 Å². The molecule has 0 saturated carbocycles. The minimum absolute atomic E-state index is 0.0530. The SMILES string of the molecule is CCCCCCN(C)CCC12CCCn3c1c(c1ccccc13)CCO2. The second kappa shape index (κ2) is 7.74. The van der Waals surface area contributed by atoms with Crippen LogP contribution in [0.25, 0.3) is 10.9 Å². The summed E-state index contributed by atoms with van der Waals surface area (Å²) in [5.41, 5.74) is 4.44. The molecule has 0 radical (unpaired) electrons. The molecular formula is C23H34N2O. The van der Waals surface area contributed by atoms with E-state index in [0.717, 1.165) is 32.5 Å². The van der Waals surface area contributed by atoms with Gasteiger partial charge in [0.05, 0.1) is 12.3 Å². The quantitative estimate of drug-likeness (QED) is 0.613. The van der Waals surface area contributed by atoms with Gasteiger partial charge in [0, 0.05) is 24.0 Å². The molecule has 3 heteroatoms. The third-order valence-electron chi connectivity index (χ3n) is 6.49. The number of para-hydroxylation sites is 1. The molecule has 3 heterocycles. The molecule has 3 nitrogen and oxygen atoms in total. The molecule has 26 heavy (non-hydrogen) atoms. The molecule has 0 N–H and O–H groups in total. The minimum Gasteiger partial charge on any atom is -0.368 e. The van der Waals surface area contributed by atoms with Gasteiger partial charge < -0.3 is 14.2 Å². The summed E-state index contributed by atoms with van der Waals surface area (Å²) in [6.45, 7) is 6.65. The van der Waals surface area contributed by atoms with E-state index in [-0.39, 0.29) is 5.60 Å². The van der Waals surface area contributed by atoms with E-state index in [2.05, 4.69) is 47.7 Å². The molecule has 2 aromatic rings. The van der Waals surface area contributed by atoms with Crippen LogP contribution in [0.1, 0.15) is 63.1 Å². The number of ether oxygens (including phenoxy) is 1. The van der Waals surface area contributed by atoms with Crippen LogP contribution in [0.2, 0.25) is 0 Å². The number of hydrogen-bond donors (Lipinski definition) is 0. The summed E-state index contributed by atoms with van der Waals surface area (Å²) in [6, 6.07) is 8.97. The first-order valence-electron chi connectivity index (χ1n) is 10.7. The third kappa shape index (κ3) is 3.20. The number of unbranched alkanes of at least 4 members (excludes halogenated alkanes) is 3. The van der Waals surface area contributed by atoms with Gasteiger partial charge in [0.2, 0.25) is 0 Å². The van der Waals surface area contributed by atoms with Crippen LogP contribution in [0.15, 0.2) is 24.3 Å². The normalized spacial score (nSPS) is 22.1. The zero-order chi connectivity index (χ0) is 18.0. The topological polar surface area (TPSA) is 17.4 Å². The molecule has 0 fully saturated rings. The third-order valence-corrected chi connectivity index (χ3v) is 6.49. The average Bonchev–Trinajstić information content (AvgIpc) is 3.01. The fourth-order valence-corrected chi connectivity index (χ4v) is 5.12. The van der Waals surface area contributed by atoms with Crippen LogP contribution in [-0.4, -0.2) is 36.2 Å². The molecule has 1 aromatic heterocycles. The van der Waals surface area contributed by atoms with E-state index in [1.54, 1.807) is 5.56 Å². The van der Waals surface area contributed by atoms with Gasteiger partial charge in [0.15, 0.2) is 0 Å². The standard InChI is InChI=1S/C23H34N2O/c1-3-4-5-8-15-24(2)17-14-23-13-9-16-25-21-11-7-6-10-19(21)20(22(23)25)12-18-26-23/h6-7,10-11H,3-5,8-9,12-18H2,1-2H3. The highest BCUT2D eigenvalue weighted by Crippen LogP contribution is 2.46. The Hall–Kier alpha value is -1.32. The van der Waals surface area contributed by atoms with Crippen LogP contribution < -0.4 is 0 Å². The summed E-state index contributed by atoms with van der Waals surface area (Å²) < 4.78 is 9.13. The highest BCUT2D eigenvalue weighted by Gasteiger charge is 2.43. The van der Waals surface area contributed by atoms with Gasteiger partial charge in [-0.1, -0.05) is 44.4 Å². The monoisotopic (exact) mass is 354 g/mol. The largest absolute Gasteiger partial charge is 0.368 e. The second-order valence-electron chi connectivity index (χ2n) is 8.31. The summed E-state index contributed by atoms with van der Waals surface area (Å²) in [6.07, 6.45) is 9.96. The van der Waals surface area contributed by atoms with Crippen molar-refractivity contribution in [3.63, 3.8) is 0 Å². The van der Waals surface area contributed by atoms with Gasteiger partial charge in [-0.25, -0.2) is 0 Å². The van der Waals surface area contributed by atoms with Crippen LogP contribution in [0, 0.1) is 0 Å². The zero-order valence-electron chi connectivity index (χ0n) is 16.6. The maximum Gasteiger partial charge on any atom is 0.110 e. The molecule has 4 rings (SSSR count). The number of aromatic nitrogens is 1. The number of fused-ring (bicyclic) bond motifs is 3. The van der Waals surface area contributed by atoms with E-state index < -0.39 is 0 Å². The Labute approximate surface area is 158 Å². The molecule has 0 spiro atoms. The molecule has 2 aliphatic rings. The Morgan fingerprint density at radius 2 is 2.04 bits per heavy atom. The van der Waals surface area contributed by atoms with Gasteiger partial charge in [0.25, 0.3) is 0 Å². The number of rotatable bonds is 8. The van der Waals surface area contributed by atoms with E-state index in [9.17, 15) is 0 Å². The molecule has 0 aliphatic carbocycles. The van der Waals surface area contributed by atoms with E-state index in [4.69, 9.17) is 4.74 Å². The van der Waals surface area contributed by atoms with Crippen molar-refractivity contribution in [3.05, 3.63) is 35.5 Å². The van der Waals surface area contributed by atoms with Crippen LogP contribution in [-0.2, 0) is 23.3 Å². The predicted molar refractivity (Wildman–Crippen MR) is 109 cm³/mol. The lowest BCUT2D eigenvalue weighted by atomic mass is 9.82. The molecule has 0 bridgehead atoms. The maximum atomic E-state index is 6.55. The highest BCUT2D eigenvalue weighted by atomic mass is 16.5. The van der Waals surface area contributed by atoms with Gasteiger partial charge in [-0.2, -0.15) is 0 Å². The fraction of sp³-hybridized carbons (Fsp3) is 0.652. The van der Waals surface area contributed by atoms with Crippen molar-refractivity contribution in [1.82, 2.24) is 9.47 Å². The van der Waals surface area contributed by atoms with Gasteiger partial charge >= 0.3 is 0 Å². The number of benzene rings is 1. The molecule has 1 atom stereocenters. The summed E-state index contributed by atoms with van der Waals surface area (Å²) >= 11 is 0. The molecule has 2 aliphatic heterocycles. The lowest BCUT2D eigenvalue weighted by Gasteiger charge is -2.43.